The molecule has 0 aliphatic carbocycles. The Morgan fingerprint density at radius 3 is 2.49 bits per heavy atom. The Kier molecular flexibility index (Phi) is 6.20. The molecule has 8 heteroatoms. The van der Waals surface area contributed by atoms with Crippen LogP contribution in [0.3, 0.4) is 0 Å². The van der Waals surface area contributed by atoms with Crippen molar-refractivity contribution in [1.82, 2.24) is 10.3 Å². The molecule has 0 saturated carbocycles. The van der Waals surface area contributed by atoms with Crippen molar-refractivity contribution in [3.63, 3.8) is 0 Å². The van der Waals surface area contributed by atoms with Crippen molar-refractivity contribution in [2.24, 2.45) is 0 Å². The summed E-state index contributed by atoms with van der Waals surface area (Å²) in [6.45, 7) is 0. The predicted molar refractivity (Wildman–Crippen MR) is 136 cm³/mol. The Balaban J connectivity index is 1.56. The lowest BCUT2D eigenvalue weighted by Gasteiger charge is -2.27. The van der Waals surface area contributed by atoms with Crippen LogP contribution in [-0.4, -0.2) is 30.3 Å². The predicted octanol–water partition coefficient (Wildman–Crippen LogP) is 5.31. The highest BCUT2D eigenvalue weighted by Crippen LogP contribution is 2.45. The molecular formula is C27H23N3O4S. The van der Waals surface area contributed by atoms with Crippen molar-refractivity contribution in [3.05, 3.63) is 102 Å². The summed E-state index contributed by atoms with van der Waals surface area (Å²) in [5.41, 5.74) is 3.00. The number of para-hydroxylation sites is 2. The normalized spacial score (nSPS) is 17.2. The van der Waals surface area contributed by atoms with Gasteiger partial charge in [-0.1, -0.05) is 30.3 Å². The number of carbonyl (C=O) groups is 1. The summed E-state index contributed by atoms with van der Waals surface area (Å²) in [5, 5.41) is 3.97. The van der Waals surface area contributed by atoms with E-state index in [1.54, 1.807) is 25.4 Å². The number of benzene rings is 2. The Morgan fingerprint density at radius 1 is 1.00 bits per heavy atom. The van der Waals surface area contributed by atoms with Gasteiger partial charge in [-0.15, -0.1) is 0 Å². The molecule has 7 nitrogen and oxygen atoms in total. The molecule has 1 saturated heterocycles. The van der Waals surface area contributed by atoms with Gasteiger partial charge in [0.25, 0.3) is 0 Å². The molecule has 1 N–H and O–H groups in total. The number of pyridine rings is 1. The summed E-state index contributed by atoms with van der Waals surface area (Å²) in [6, 6.07) is 23.9. The molecule has 1 aliphatic heterocycles. The number of esters is 1. The number of methoxy groups -OCH3 is 2. The van der Waals surface area contributed by atoms with Crippen LogP contribution in [-0.2, 0) is 4.74 Å². The summed E-state index contributed by atoms with van der Waals surface area (Å²) in [6.07, 6.45) is 1.76. The van der Waals surface area contributed by atoms with Crippen LogP contribution in [0.1, 0.15) is 33.9 Å². The molecule has 0 bridgehead atoms. The molecule has 176 valence electrons. The molecule has 4 aromatic rings. The fourth-order valence-corrected chi connectivity index (χ4v) is 4.63. The van der Waals surface area contributed by atoms with Crippen molar-refractivity contribution in [1.29, 1.82) is 0 Å². The monoisotopic (exact) mass is 485 g/mol. The second kappa shape index (κ2) is 9.60. The van der Waals surface area contributed by atoms with Gasteiger partial charge in [-0.2, -0.15) is 0 Å². The van der Waals surface area contributed by atoms with Crippen LogP contribution in [0, 0.1) is 0 Å². The molecule has 0 unspecified atom stereocenters. The lowest BCUT2D eigenvalue weighted by molar-refractivity contribution is 0.0600. The van der Waals surface area contributed by atoms with Crippen LogP contribution >= 0.6 is 12.2 Å². The average Bonchev–Trinajstić information content (AvgIpc) is 3.53. The van der Waals surface area contributed by atoms with Gasteiger partial charge in [-0.05, 0) is 60.7 Å². The molecule has 5 rings (SSSR count). The number of ether oxygens (including phenoxy) is 2. The van der Waals surface area contributed by atoms with Gasteiger partial charge in [0.15, 0.2) is 5.11 Å². The van der Waals surface area contributed by atoms with E-state index < -0.39 is 0 Å². The van der Waals surface area contributed by atoms with E-state index in [-0.39, 0.29) is 18.1 Å². The second-order valence-electron chi connectivity index (χ2n) is 7.94. The molecule has 2 atom stereocenters. The van der Waals surface area contributed by atoms with Crippen LogP contribution in [0.25, 0.3) is 11.3 Å². The maximum atomic E-state index is 11.8. The molecule has 3 heterocycles. The fraction of sp³-hybridized carbons (Fsp3) is 0.148. The molecule has 1 fully saturated rings. The summed E-state index contributed by atoms with van der Waals surface area (Å²) in [5.74, 6) is 1.71. The first-order chi connectivity index (χ1) is 17.1. The third kappa shape index (κ3) is 4.24. The van der Waals surface area contributed by atoms with E-state index in [2.05, 4.69) is 10.3 Å². The molecule has 35 heavy (non-hydrogen) atoms. The summed E-state index contributed by atoms with van der Waals surface area (Å²) in [7, 11) is 3.00. The van der Waals surface area contributed by atoms with Gasteiger partial charge in [0.2, 0.25) is 0 Å². The van der Waals surface area contributed by atoms with E-state index in [1.165, 1.54) is 7.11 Å². The highest BCUT2D eigenvalue weighted by Gasteiger charge is 2.43. The number of carbonyl (C=O) groups excluding carboxylic acids is 1. The van der Waals surface area contributed by atoms with Crippen LogP contribution in [0.2, 0.25) is 0 Å². The zero-order valence-electron chi connectivity index (χ0n) is 19.2. The first-order valence-electron chi connectivity index (χ1n) is 11.0. The number of hydrogen-bond donors (Lipinski definition) is 1. The van der Waals surface area contributed by atoms with Gasteiger partial charge in [0.05, 0.1) is 37.2 Å². The minimum absolute atomic E-state index is 0.241. The van der Waals surface area contributed by atoms with Crippen molar-refractivity contribution >= 4 is 29.0 Å². The summed E-state index contributed by atoms with van der Waals surface area (Å²) in [4.78, 5) is 18.4. The number of anilines is 1. The Bertz CT molecular complexity index is 1350. The van der Waals surface area contributed by atoms with Crippen LogP contribution < -0.4 is 15.0 Å². The number of rotatable bonds is 6. The van der Waals surface area contributed by atoms with Gasteiger partial charge in [-0.25, -0.2) is 4.79 Å². The van der Waals surface area contributed by atoms with Gasteiger partial charge >= 0.3 is 5.97 Å². The lowest BCUT2D eigenvalue weighted by Crippen LogP contribution is -2.29. The van der Waals surface area contributed by atoms with Crippen molar-refractivity contribution in [2.75, 3.05) is 19.1 Å². The van der Waals surface area contributed by atoms with Gasteiger partial charge in [0.1, 0.15) is 23.3 Å². The molecule has 2 aromatic carbocycles. The van der Waals surface area contributed by atoms with E-state index in [9.17, 15) is 4.79 Å². The van der Waals surface area contributed by atoms with Crippen molar-refractivity contribution in [2.45, 2.75) is 12.1 Å². The number of thiocarbonyl (C=S) groups is 1. The quantitative estimate of drug-likeness (QED) is 0.291. The van der Waals surface area contributed by atoms with Gasteiger partial charge in [0, 0.05) is 11.8 Å². The number of nitrogens with zero attached hydrogens (tertiary/aromatic N) is 2. The van der Waals surface area contributed by atoms with Crippen LogP contribution in [0.4, 0.5) is 5.69 Å². The summed E-state index contributed by atoms with van der Waals surface area (Å²) < 4.78 is 16.8. The number of nitrogens with one attached hydrogen (secondary N) is 1. The zero-order chi connectivity index (χ0) is 24.4. The topological polar surface area (TPSA) is 76.8 Å². The minimum Gasteiger partial charge on any atom is -0.495 e. The molecular weight excluding hydrogens is 462 g/mol. The average molecular weight is 486 g/mol. The van der Waals surface area contributed by atoms with E-state index >= 15 is 0 Å². The number of hydrogen-bond acceptors (Lipinski definition) is 6. The minimum atomic E-state index is -0.382. The second-order valence-corrected chi connectivity index (χ2v) is 8.33. The van der Waals surface area contributed by atoms with Crippen molar-refractivity contribution < 1.29 is 18.7 Å². The third-order valence-corrected chi connectivity index (χ3v) is 6.27. The first kappa shape index (κ1) is 22.6. The van der Waals surface area contributed by atoms with E-state index in [1.807, 2.05) is 71.6 Å². The van der Waals surface area contributed by atoms with E-state index in [0.717, 1.165) is 16.9 Å². The molecule has 0 amide bonds. The van der Waals surface area contributed by atoms with Crippen LogP contribution in [0.15, 0.2) is 89.5 Å². The Hall–Kier alpha value is -4.17. The van der Waals surface area contributed by atoms with Crippen molar-refractivity contribution in [3.8, 4) is 17.1 Å². The summed E-state index contributed by atoms with van der Waals surface area (Å²) >= 11 is 5.78. The SMILES string of the molecule is COC(=O)c1ccc(-c2ccc([C@@H]3[C@H](c4ccccn4)NC(=S)N3c3ccccc3OC)o2)cc1. The lowest BCUT2D eigenvalue weighted by atomic mass is 10.0. The van der Waals surface area contributed by atoms with E-state index in [0.29, 0.717) is 27.9 Å². The van der Waals surface area contributed by atoms with Gasteiger partial charge in [-0.3, -0.25) is 4.98 Å². The first-order valence-corrected chi connectivity index (χ1v) is 11.4. The van der Waals surface area contributed by atoms with E-state index in [4.69, 9.17) is 26.1 Å². The molecule has 0 radical (unpaired) electrons. The highest BCUT2D eigenvalue weighted by atomic mass is 32.1. The number of aromatic nitrogens is 1. The molecule has 2 aromatic heterocycles. The third-order valence-electron chi connectivity index (χ3n) is 5.95. The maximum Gasteiger partial charge on any atom is 0.337 e. The Morgan fingerprint density at radius 2 is 1.77 bits per heavy atom. The standard InChI is InChI=1S/C27H23N3O4S/c1-32-22-9-4-3-8-20(22)30-25(24(29-27(30)35)19-7-5-6-16-28-19)23-15-14-21(34-23)17-10-12-18(13-11-17)26(31)33-2/h3-16,24-25H,1-2H3,(H,29,35)/t24-,25+/m0/s1. The fourth-order valence-electron chi connectivity index (χ4n) is 4.29. The molecule has 1 aliphatic rings. The number of furan rings is 1. The zero-order valence-corrected chi connectivity index (χ0v) is 20.0. The maximum absolute atomic E-state index is 11.8. The largest absolute Gasteiger partial charge is 0.495 e. The smallest absolute Gasteiger partial charge is 0.337 e. The Labute approximate surface area is 208 Å². The molecule has 0 spiro atoms. The van der Waals surface area contributed by atoms with Gasteiger partial charge < -0.3 is 24.1 Å². The highest BCUT2D eigenvalue weighted by molar-refractivity contribution is 7.80. The van der Waals surface area contributed by atoms with Crippen LogP contribution in [0.5, 0.6) is 5.75 Å².